The molecule has 2 heteroatoms. The molecule has 1 aromatic carbocycles. The standard InChI is InChI=1S/C24H40OSi/c1-8-13-23-15-17-24(18-16-23)14-11-9-10-12-19-25-26(20(2)3,21(4)5)22(6)7/h9-11,14-18,20-22H,8,12-13,19H2,1-7H3/b10-9+,14-11+. The Morgan fingerprint density at radius 3 is 1.96 bits per heavy atom. The first-order valence-electron chi connectivity index (χ1n) is 10.4. The summed E-state index contributed by atoms with van der Waals surface area (Å²) in [6.07, 6.45) is 12.0. The molecule has 0 heterocycles. The van der Waals surface area contributed by atoms with E-state index in [1.54, 1.807) is 0 Å². The quantitative estimate of drug-likeness (QED) is 0.219. The molecule has 0 fully saturated rings. The normalized spacial score (nSPS) is 13.2. The Balaban J connectivity index is 2.49. The van der Waals surface area contributed by atoms with Crippen LogP contribution in [0.5, 0.6) is 0 Å². The van der Waals surface area contributed by atoms with Crippen LogP contribution in [0, 0.1) is 0 Å². The third kappa shape index (κ3) is 6.55. The van der Waals surface area contributed by atoms with Crippen LogP contribution >= 0.6 is 0 Å². The van der Waals surface area contributed by atoms with E-state index in [4.69, 9.17) is 4.43 Å². The van der Waals surface area contributed by atoms with Gasteiger partial charge in [-0.05, 0) is 40.6 Å². The average Bonchev–Trinajstić information content (AvgIpc) is 2.58. The molecule has 0 aliphatic heterocycles. The van der Waals surface area contributed by atoms with Crippen molar-refractivity contribution in [1.82, 2.24) is 0 Å². The summed E-state index contributed by atoms with van der Waals surface area (Å²) >= 11 is 0. The zero-order valence-corrected chi connectivity index (χ0v) is 19.1. The highest BCUT2D eigenvalue weighted by atomic mass is 28.4. The SMILES string of the molecule is CCCc1ccc(/C=C/C=C/CCO[Si](C(C)C)(C(C)C)C(C)C)cc1. The second-order valence-corrected chi connectivity index (χ2v) is 13.7. The van der Waals surface area contributed by atoms with E-state index in [-0.39, 0.29) is 0 Å². The Labute approximate surface area is 163 Å². The van der Waals surface area contributed by atoms with Crippen LogP contribution in [0.2, 0.25) is 16.6 Å². The van der Waals surface area contributed by atoms with Gasteiger partial charge in [0, 0.05) is 6.61 Å². The highest BCUT2D eigenvalue weighted by molar-refractivity contribution is 6.77. The summed E-state index contributed by atoms with van der Waals surface area (Å²) in [6.45, 7) is 17.1. The summed E-state index contributed by atoms with van der Waals surface area (Å²) in [4.78, 5) is 0. The van der Waals surface area contributed by atoms with Crippen LogP contribution in [-0.2, 0) is 10.8 Å². The van der Waals surface area contributed by atoms with Gasteiger partial charge in [0.2, 0.25) is 0 Å². The van der Waals surface area contributed by atoms with E-state index in [0.29, 0.717) is 16.6 Å². The summed E-state index contributed by atoms with van der Waals surface area (Å²) in [5, 5.41) is 0. The largest absolute Gasteiger partial charge is 0.416 e. The summed E-state index contributed by atoms with van der Waals surface area (Å²) in [5.74, 6) is 0. The molecule has 0 radical (unpaired) electrons. The van der Waals surface area contributed by atoms with Crippen molar-refractivity contribution in [2.75, 3.05) is 6.61 Å². The zero-order chi connectivity index (χ0) is 19.6. The molecule has 0 bridgehead atoms. The first kappa shape index (κ1) is 22.9. The number of rotatable bonds is 11. The van der Waals surface area contributed by atoms with Crippen LogP contribution in [0.1, 0.15) is 72.4 Å². The fourth-order valence-electron chi connectivity index (χ4n) is 4.23. The first-order valence-corrected chi connectivity index (χ1v) is 12.5. The molecule has 0 unspecified atom stereocenters. The van der Waals surface area contributed by atoms with Gasteiger partial charge in [-0.25, -0.2) is 0 Å². The van der Waals surface area contributed by atoms with Gasteiger partial charge in [0.05, 0.1) is 0 Å². The predicted molar refractivity (Wildman–Crippen MR) is 120 cm³/mol. The van der Waals surface area contributed by atoms with Crippen molar-refractivity contribution in [1.29, 1.82) is 0 Å². The molecule has 0 amide bonds. The summed E-state index contributed by atoms with van der Waals surface area (Å²) in [5.41, 5.74) is 4.65. The van der Waals surface area contributed by atoms with Crippen LogP contribution < -0.4 is 0 Å². The fraction of sp³-hybridized carbons (Fsp3) is 0.583. The number of benzene rings is 1. The zero-order valence-electron chi connectivity index (χ0n) is 18.1. The number of hydrogen-bond donors (Lipinski definition) is 0. The van der Waals surface area contributed by atoms with Gasteiger partial charge < -0.3 is 4.43 Å². The third-order valence-corrected chi connectivity index (χ3v) is 11.5. The van der Waals surface area contributed by atoms with Crippen LogP contribution in [0.4, 0.5) is 0 Å². The van der Waals surface area contributed by atoms with Crippen molar-refractivity contribution < 1.29 is 4.43 Å². The maximum atomic E-state index is 6.58. The Morgan fingerprint density at radius 1 is 0.885 bits per heavy atom. The molecule has 26 heavy (non-hydrogen) atoms. The lowest BCUT2D eigenvalue weighted by molar-refractivity contribution is 0.284. The molecule has 1 rings (SSSR count). The Hall–Kier alpha value is -1.12. The molecule has 0 aromatic heterocycles. The molecular formula is C24H40OSi. The Morgan fingerprint density at radius 2 is 1.46 bits per heavy atom. The molecule has 0 aliphatic rings. The third-order valence-electron chi connectivity index (χ3n) is 5.40. The van der Waals surface area contributed by atoms with Crippen molar-refractivity contribution in [3.05, 3.63) is 53.6 Å². The lowest BCUT2D eigenvalue weighted by Gasteiger charge is -2.42. The van der Waals surface area contributed by atoms with E-state index in [9.17, 15) is 0 Å². The topological polar surface area (TPSA) is 9.23 Å². The minimum Gasteiger partial charge on any atom is -0.416 e. The van der Waals surface area contributed by atoms with E-state index in [0.717, 1.165) is 19.4 Å². The van der Waals surface area contributed by atoms with Crippen LogP contribution in [-0.4, -0.2) is 14.9 Å². The molecular weight excluding hydrogens is 332 g/mol. The number of aryl methyl sites for hydroxylation is 1. The van der Waals surface area contributed by atoms with E-state index < -0.39 is 8.32 Å². The lowest BCUT2D eigenvalue weighted by atomic mass is 10.1. The molecule has 0 saturated carbocycles. The monoisotopic (exact) mass is 372 g/mol. The molecule has 0 aliphatic carbocycles. The molecule has 146 valence electrons. The highest BCUT2D eigenvalue weighted by Crippen LogP contribution is 2.42. The molecule has 0 N–H and O–H groups in total. The first-order chi connectivity index (χ1) is 12.3. The van der Waals surface area contributed by atoms with Gasteiger partial charge in [0.25, 0.3) is 0 Å². The van der Waals surface area contributed by atoms with Crippen LogP contribution in [0.3, 0.4) is 0 Å². The Bertz CT molecular complexity index is 530. The van der Waals surface area contributed by atoms with Crippen molar-refractivity contribution in [3.8, 4) is 0 Å². The minimum atomic E-state index is -1.71. The lowest BCUT2D eigenvalue weighted by Crippen LogP contribution is -2.47. The van der Waals surface area contributed by atoms with E-state index >= 15 is 0 Å². The number of allylic oxidation sites excluding steroid dienone is 2. The number of hydrogen-bond acceptors (Lipinski definition) is 1. The van der Waals surface area contributed by atoms with Crippen LogP contribution in [0.15, 0.2) is 42.5 Å². The van der Waals surface area contributed by atoms with Gasteiger partial charge >= 0.3 is 0 Å². The molecule has 1 nitrogen and oxygen atoms in total. The van der Waals surface area contributed by atoms with Gasteiger partial charge in [-0.2, -0.15) is 0 Å². The van der Waals surface area contributed by atoms with Crippen molar-refractivity contribution in [2.24, 2.45) is 0 Å². The fourth-order valence-corrected chi connectivity index (χ4v) is 9.70. The van der Waals surface area contributed by atoms with Gasteiger partial charge in [-0.1, -0.05) is 103 Å². The molecule has 0 saturated heterocycles. The highest BCUT2D eigenvalue weighted by Gasteiger charge is 2.44. The van der Waals surface area contributed by atoms with E-state index in [2.05, 4.69) is 97.0 Å². The smallest absolute Gasteiger partial charge is 0.200 e. The van der Waals surface area contributed by atoms with Crippen molar-refractivity contribution >= 4 is 14.4 Å². The predicted octanol–water partition coefficient (Wildman–Crippen LogP) is 7.79. The van der Waals surface area contributed by atoms with Crippen molar-refractivity contribution in [2.45, 2.75) is 84.4 Å². The minimum absolute atomic E-state index is 0.655. The Kier molecular flexibility index (Phi) is 10.2. The van der Waals surface area contributed by atoms with Gasteiger partial charge in [0.15, 0.2) is 8.32 Å². The molecule has 1 aromatic rings. The molecule has 0 atom stereocenters. The van der Waals surface area contributed by atoms with Crippen molar-refractivity contribution in [3.63, 3.8) is 0 Å². The summed E-state index contributed by atoms with van der Waals surface area (Å²) < 4.78 is 6.58. The van der Waals surface area contributed by atoms with Gasteiger partial charge in [-0.3, -0.25) is 0 Å². The van der Waals surface area contributed by atoms with Gasteiger partial charge in [-0.15, -0.1) is 0 Å². The summed E-state index contributed by atoms with van der Waals surface area (Å²) in [7, 11) is -1.71. The van der Waals surface area contributed by atoms with Crippen LogP contribution in [0.25, 0.3) is 6.08 Å². The summed E-state index contributed by atoms with van der Waals surface area (Å²) in [6, 6.07) is 8.86. The van der Waals surface area contributed by atoms with E-state index in [1.807, 2.05) is 0 Å². The second kappa shape index (κ2) is 11.6. The average molecular weight is 373 g/mol. The maximum Gasteiger partial charge on any atom is 0.200 e. The van der Waals surface area contributed by atoms with E-state index in [1.165, 1.54) is 17.5 Å². The maximum absolute atomic E-state index is 6.58. The van der Waals surface area contributed by atoms with Gasteiger partial charge in [0.1, 0.15) is 0 Å². The second-order valence-electron chi connectivity index (χ2n) is 8.23. The molecule has 0 spiro atoms.